The van der Waals surface area contributed by atoms with Gasteiger partial charge < -0.3 is 15.8 Å². The van der Waals surface area contributed by atoms with Crippen LogP contribution in [0.15, 0.2) is 76.9 Å². The van der Waals surface area contributed by atoms with Gasteiger partial charge in [-0.3, -0.25) is 9.79 Å². The summed E-state index contributed by atoms with van der Waals surface area (Å²) in [6.45, 7) is 0. The zero-order valence-corrected chi connectivity index (χ0v) is 20.3. The molecule has 0 spiro atoms. The Hall–Kier alpha value is -4.41. The number of hydrogen-bond acceptors (Lipinski definition) is 7. The monoisotopic (exact) mass is 515 g/mol. The van der Waals surface area contributed by atoms with E-state index in [-0.39, 0.29) is 23.3 Å². The Morgan fingerprint density at radius 3 is 2.59 bits per heavy atom. The van der Waals surface area contributed by atoms with Crippen LogP contribution in [0.25, 0.3) is 22.4 Å². The second-order valence-electron chi connectivity index (χ2n) is 8.75. The Bertz CT molecular complexity index is 1620. The predicted molar refractivity (Wildman–Crippen MR) is 140 cm³/mol. The zero-order valence-electron chi connectivity index (χ0n) is 19.6. The molecule has 4 aromatic rings. The lowest BCUT2D eigenvalue weighted by atomic mass is 9.98. The highest BCUT2D eigenvalue weighted by molar-refractivity contribution is 6.31. The molecule has 2 aliphatic heterocycles. The highest BCUT2D eigenvalue weighted by atomic mass is 35.5. The first kappa shape index (κ1) is 24.3. The second kappa shape index (κ2) is 9.57. The topological polar surface area (TPSA) is 150 Å². The SMILES string of the molecule is N.O=C(O)c1ccc(C2=CN=C(C3CCc4cc(-c5cc(Cl)ccc5-n5cnnn5)cc(=O)n43)C2)cc1. The first-order chi connectivity index (χ1) is 17.5. The van der Waals surface area contributed by atoms with Crippen LogP contribution >= 0.6 is 11.6 Å². The lowest BCUT2D eigenvalue weighted by Gasteiger charge is -2.17. The molecular weight excluding hydrogens is 494 g/mol. The smallest absolute Gasteiger partial charge is 0.335 e. The van der Waals surface area contributed by atoms with Crippen molar-refractivity contribution < 1.29 is 9.90 Å². The molecule has 2 aromatic heterocycles. The van der Waals surface area contributed by atoms with Crippen molar-refractivity contribution in [1.29, 1.82) is 0 Å². The van der Waals surface area contributed by atoms with Gasteiger partial charge in [0.1, 0.15) is 6.33 Å². The molecule has 6 rings (SSSR count). The number of carboxylic acid groups (broad SMARTS) is 1. The van der Waals surface area contributed by atoms with E-state index in [4.69, 9.17) is 16.7 Å². The van der Waals surface area contributed by atoms with E-state index >= 15 is 0 Å². The molecule has 1 atom stereocenters. The van der Waals surface area contributed by atoms with Crippen molar-refractivity contribution in [2.24, 2.45) is 4.99 Å². The van der Waals surface area contributed by atoms with Gasteiger partial charge in [-0.1, -0.05) is 23.7 Å². The van der Waals surface area contributed by atoms with Crippen LogP contribution in [-0.4, -0.2) is 41.6 Å². The molecule has 0 saturated heterocycles. The standard InChI is InChI=1S/C26H19ClN6O3.H3N/c27-19-5-7-23(32-14-29-30-31-32)21(12-19)17-9-20-6-8-24(33(20)25(34)11-17)22-10-18(13-28-22)15-1-3-16(4-2-15)26(35)36;/h1-5,7,9,11-14,24H,6,8,10H2,(H,35,36);1H3. The second-order valence-corrected chi connectivity index (χ2v) is 9.18. The number of rotatable bonds is 5. The van der Waals surface area contributed by atoms with Crippen molar-refractivity contribution in [1.82, 2.24) is 30.9 Å². The molecule has 0 radical (unpaired) electrons. The van der Waals surface area contributed by atoms with E-state index < -0.39 is 5.97 Å². The average molecular weight is 516 g/mol. The molecule has 0 bridgehead atoms. The van der Waals surface area contributed by atoms with Gasteiger partial charge in [0.15, 0.2) is 0 Å². The molecule has 2 aromatic carbocycles. The van der Waals surface area contributed by atoms with Crippen molar-refractivity contribution >= 4 is 28.9 Å². The van der Waals surface area contributed by atoms with E-state index in [2.05, 4.69) is 20.5 Å². The molecule has 0 aliphatic carbocycles. The fourth-order valence-corrected chi connectivity index (χ4v) is 5.10. The Balaban J connectivity index is 0.00000280. The number of halogens is 1. The van der Waals surface area contributed by atoms with Gasteiger partial charge in [0.05, 0.1) is 17.3 Å². The summed E-state index contributed by atoms with van der Waals surface area (Å²) >= 11 is 6.29. The maximum Gasteiger partial charge on any atom is 0.335 e. The van der Waals surface area contributed by atoms with Gasteiger partial charge in [-0.2, -0.15) is 4.68 Å². The van der Waals surface area contributed by atoms with Crippen LogP contribution in [0.2, 0.25) is 5.02 Å². The molecule has 2 aliphatic rings. The van der Waals surface area contributed by atoms with Crippen LogP contribution in [0.4, 0.5) is 0 Å². The van der Waals surface area contributed by atoms with E-state index in [1.54, 1.807) is 41.1 Å². The maximum absolute atomic E-state index is 13.4. The fourth-order valence-electron chi connectivity index (χ4n) is 4.93. The first-order valence-electron chi connectivity index (χ1n) is 11.4. The van der Waals surface area contributed by atoms with Gasteiger partial charge in [0.25, 0.3) is 5.56 Å². The summed E-state index contributed by atoms with van der Waals surface area (Å²) in [5.41, 5.74) is 6.19. The number of allylic oxidation sites excluding steroid dienone is 1. The molecule has 10 nitrogen and oxygen atoms in total. The normalized spacial score (nSPS) is 16.1. The molecule has 1 unspecified atom stereocenters. The van der Waals surface area contributed by atoms with E-state index in [0.717, 1.165) is 52.2 Å². The number of aromatic nitrogens is 5. The minimum absolute atomic E-state index is 0. The van der Waals surface area contributed by atoms with Crippen LogP contribution in [0.3, 0.4) is 0 Å². The van der Waals surface area contributed by atoms with Crippen LogP contribution in [0.5, 0.6) is 0 Å². The molecule has 0 saturated carbocycles. The van der Waals surface area contributed by atoms with E-state index in [9.17, 15) is 9.59 Å². The van der Waals surface area contributed by atoms with Crippen molar-refractivity contribution in [3.8, 4) is 16.8 Å². The number of pyridine rings is 1. The Morgan fingerprint density at radius 1 is 1.05 bits per heavy atom. The number of tetrazole rings is 1. The summed E-state index contributed by atoms with van der Waals surface area (Å²) in [5.74, 6) is -0.956. The third kappa shape index (κ3) is 4.37. The van der Waals surface area contributed by atoms with E-state index in [1.807, 2.05) is 29.0 Å². The molecule has 37 heavy (non-hydrogen) atoms. The van der Waals surface area contributed by atoms with E-state index in [0.29, 0.717) is 11.4 Å². The van der Waals surface area contributed by atoms with Gasteiger partial charge in [0, 0.05) is 40.7 Å². The van der Waals surface area contributed by atoms with Crippen molar-refractivity contribution in [3.63, 3.8) is 0 Å². The molecule has 0 fully saturated rings. The van der Waals surface area contributed by atoms with Crippen molar-refractivity contribution in [2.45, 2.75) is 25.3 Å². The Labute approximate surface area is 216 Å². The number of aryl methyl sites for hydroxylation is 1. The van der Waals surface area contributed by atoms with Crippen LogP contribution < -0.4 is 11.7 Å². The largest absolute Gasteiger partial charge is 0.478 e. The van der Waals surface area contributed by atoms with Gasteiger partial charge in [-0.15, -0.1) is 5.10 Å². The predicted octanol–water partition coefficient (Wildman–Crippen LogP) is 4.38. The minimum Gasteiger partial charge on any atom is -0.478 e. The van der Waals surface area contributed by atoms with Crippen molar-refractivity contribution in [3.05, 3.63) is 99.3 Å². The highest BCUT2D eigenvalue weighted by Crippen LogP contribution is 2.36. The van der Waals surface area contributed by atoms with Gasteiger partial charge in [-0.25, -0.2) is 4.79 Å². The van der Waals surface area contributed by atoms with Crippen LogP contribution in [-0.2, 0) is 6.42 Å². The summed E-state index contributed by atoms with van der Waals surface area (Å²) in [4.78, 5) is 29.1. The molecule has 0 amide bonds. The molecular formula is C26H22ClN7O3. The Kier molecular flexibility index (Phi) is 6.28. The molecule has 186 valence electrons. The third-order valence-electron chi connectivity index (χ3n) is 6.64. The van der Waals surface area contributed by atoms with Gasteiger partial charge in [-0.05, 0) is 76.4 Å². The fraction of sp³-hybridized carbons (Fsp3) is 0.154. The summed E-state index contributed by atoms with van der Waals surface area (Å²) in [6.07, 6.45) is 5.46. The number of hydrogen-bond donors (Lipinski definition) is 2. The number of aliphatic imine (C=N–C) groups is 1. The number of carboxylic acids is 1. The Morgan fingerprint density at radius 2 is 1.86 bits per heavy atom. The van der Waals surface area contributed by atoms with Crippen LogP contribution in [0.1, 0.15) is 40.5 Å². The summed E-state index contributed by atoms with van der Waals surface area (Å²) < 4.78 is 3.37. The van der Waals surface area contributed by atoms with E-state index in [1.165, 1.54) is 6.33 Å². The highest BCUT2D eigenvalue weighted by Gasteiger charge is 2.30. The maximum atomic E-state index is 13.4. The van der Waals surface area contributed by atoms with Crippen molar-refractivity contribution in [2.75, 3.05) is 0 Å². The third-order valence-corrected chi connectivity index (χ3v) is 6.88. The minimum atomic E-state index is -0.956. The quantitative estimate of drug-likeness (QED) is 0.400. The summed E-state index contributed by atoms with van der Waals surface area (Å²) in [5, 5.41) is 21.1. The number of aromatic carboxylic acids is 1. The number of carbonyl (C=O) groups is 1. The number of nitrogens with zero attached hydrogens (tertiary/aromatic N) is 6. The molecule has 4 N–H and O–H groups in total. The number of benzene rings is 2. The summed E-state index contributed by atoms with van der Waals surface area (Å²) in [6, 6.07) is 15.7. The average Bonchev–Trinajstić information content (AvgIpc) is 3.64. The first-order valence-corrected chi connectivity index (χ1v) is 11.7. The number of fused-ring (bicyclic) bond motifs is 1. The molecule has 4 heterocycles. The van der Waals surface area contributed by atoms with Gasteiger partial charge >= 0.3 is 5.97 Å². The van der Waals surface area contributed by atoms with Gasteiger partial charge in [0.2, 0.25) is 0 Å². The summed E-state index contributed by atoms with van der Waals surface area (Å²) in [7, 11) is 0. The lowest BCUT2D eigenvalue weighted by Crippen LogP contribution is -2.27. The zero-order chi connectivity index (χ0) is 24.8. The molecule has 11 heteroatoms. The lowest BCUT2D eigenvalue weighted by molar-refractivity contribution is 0.0697. The van der Waals surface area contributed by atoms with Crippen LogP contribution in [0, 0.1) is 0 Å².